The van der Waals surface area contributed by atoms with Crippen LogP contribution in [0, 0.1) is 6.92 Å². The summed E-state index contributed by atoms with van der Waals surface area (Å²) >= 11 is 0. The molecule has 34 heavy (non-hydrogen) atoms. The molecule has 0 bridgehead atoms. The van der Waals surface area contributed by atoms with Crippen molar-refractivity contribution in [3.8, 4) is 5.75 Å². The first-order valence-electron chi connectivity index (χ1n) is 11.9. The molecule has 188 valence electrons. The number of nitrogens with two attached hydrogens (primary N) is 1. The molecule has 0 amide bonds. The third-order valence-corrected chi connectivity index (χ3v) is 5.90. The van der Waals surface area contributed by atoms with Crippen LogP contribution in [0.25, 0.3) is 0 Å². The van der Waals surface area contributed by atoms with E-state index in [4.69, 9.17) is 15.6 Å². The van der Waals surface area contributed by atoms with Gasteiger partial charge in [0.25, 0.3) is 0 Å². The van der Waals surface area contributed by atoms with Crippen molar-refractivity contribution in [1.82, 2.24) is 14.9 Å². The fraction of sp³-hybridized carbons (Fsp3) is 0.560. The maximum absolute atomic E-state index is 10.9. The number of aliphatic hydroxyl groups excluding tert-OH is 1. The van der Waals surface area contributed by atoms with E-state index in [1.807, 2.05) is 32.0 Å². The SMILES string of the molecule is CCC[C@@H](CCO)Nc1nc(N)nc(C)c1Cc1ccc(CN(CC)CCC(=O)O)cc1OC. The number of aromatic nitrogens is 2. The minimum Gasteiger partial charge on any atom is -0.496 e. The van der Waals surface area contributed by atoms with Gasteiger partial charge in [0, 0.05) is 43.4 Å². The molecule has 1 aromatic heterocycles. The lowest BCUT2D eigenvalue weighted by Gasteiger charge is -2.22. The van der Waals surface area contributed by atoms with Gasteiger partial charge in [-0.25, -0.2) is 4.98 Å². The Balaban J connectivity index is 2.29. The minimum absolute atomic E-state index is 0.0950. The standard InChI is InChI=1S/C25H39N5O4/c1-5-7-20(11-13-31)28-24-21(17(3)27-25(26)29-24)15-19-9-8-18(14-22(19)34-4)16-30(6-2)12-10-23(32)33/h8-9,14,20,31H,5-7,10-13,15-16H2,1-4H3,(H,32,33)(H3,26,27,28,29)/t20-/m0/s1. The smallest absolute Gasteiger partial charge is 0.304 e. The zero-order valence-corrected chi connectivity index (χ0v) is 20.8. The number of anilines is 2. The normalized spacial score (nSPS) is 12.1. The van der Waals surface area contributed by atoms with Gasteiger partial charge in [0.1, 0.15) is 11.6 Å². The van der Waals surface area contributed by atoms with E-state index in [-0.39, 0.29) is 25.0 Å². The van der Waals surface area contributed by atoms with Gasteiger partial charge in [0.2, 0.25) is 5.95 Å². The lowest BCUT2D eigenvalue weighted by atomic mass is 10.0. The Morgan fingerprint density at radius 3 is 2.65 bits per heavy atom. The molecule has 2 aromatic rings. The van der Waals surface area contributed by atoms with Gasteiger partial charge < -0.3 is 26.0 Å². The Kier molecular flexibility index (Phi) is 11.0. The van der Waals surface area contributed by atoms with E-state index in [0.717, 1.165) is 47.5 Å². The summed E-state index contributed by atoms with van der Waals surface area (Å²) in [6, 6.07) is 6.19. The lowest BCUT2D eigenvalue weighted by Crippen LogP contribution is -2.25. The largest absolute Gasteiger partial charge is 0.496 e. The van der Waals surface area contributed by atoms with E-state index in [0.29, 0.717) is 31.7 Å². The molecule has 0 unspecified atom stereocenters. The number of hydrogen-bond acceptors (Lipinski definition) is 8. The van der Waals surface area contributed by atoms with E-state index in [9.17, 15) is 9.90 Å². The van der Waals surface area contributed by atoms with Crippen LogP contribution in [0.15, 0.2) is 18.2 Å². The first-order valence-corrected chi connectivity index (χ1v) is 11.9. The molecule has 0 aliphatic carbocycles. The van der Waals surface area contributed by atoms with Gasteiger partial charge in [-0.05, 0) is 43.5 Å². The summed E-state index contributed by atoms with van der Waals surface area (Å²) in [4.78, 5) is 21.9. The van der Waals surface area contributed by atoms with Crippen molar-refractivity contribution in [3.63, 3.8) is 0 Å². The van der Waals surface area contributed by atoms with Crippen LogP contribution >= 0.6 is 0 Å². The van der Waals surface area contributed by atoms with Crippen LogP contribution in [0.1, 0.15) is 61.9 Å². The molecule has 0 aliphatic heterocycles. The molecule has 0 spiro atoms. The number of methoxy groups -OCH3 is 1. The summed E-state index contributed by atoms with van der Waals surface area (Å²) in [5.74, 6) is 0.867. The highest BCUT2D eigenvalue weighted by molar-refractivity contribution is 5.66. The number of carboxylic acids is 1. The second-order valence-corrected chi connectivity index (χ2v) is 8.47. The van der Waals surface area contributed by atoms with Crippen molar-refractivity contribution in [2.45, 2.75) is 65.5 Å². The molecular weight excluding hydrogens is 434 g/mol. The van der Waals surface area contributed by atoms with E-state index in [1.54, 1.807) is 7.11 Å². The monoisotopic (exact) mass is 473 g/mol. The van der Waals surface area contributed by atoms with Crippen molar-refractivity contribution >= 4 is 17.7 Å². The highest BCUT2D eigenvalue weighted by atomic mass is 16.5. The first kappa shape index (κ1) is 27.3. The van der Waals surface area contributed by atoms with Crippen LogP contribution in [0.3, 0.4) is 0 Å². The van der Waals surface area contributed by atoms with E-state index in [1.165, 1.54) is 0 Å². The number of carboxylic acid groups (broad SMARTS) is 1. The fourth-order valence-electron chi connectivity index (χ4n) is 4.02. The summed E-state index contributed by atoms with van der Waals surface area (Å²) in [5, 5.41) is 21.9. The molecule has 0 fully saturated rings. The highest BCUT2D eigenvalue weighted by Crippen LogP contribution is 2.28. The number of aliphatic carboxylic acids is 1. The van der Waals surface area contributed by atoms with Gasteiger partial charge in [-0.15, -0.1) is 0 Å². The zero-order chi connectivity index (χ0) is 25.1. The minimum atomic E-state index is -0.794. The van der Waals surface area contributed by atoms with Crippen molar-refractivity contribution in [3.05, 3.63) is 40.6 Å². The topological polar surface area (TPSA) is 134 Å². The zero-order valence-electron chi connectivity index (χ0n) is 20.8. The van der Waals surface area contributed by atoms with Crippen LogP contribution in [-0.2, 0) is 17.8 Å². The average Bonchev–Trinajstić information content (AvgIpc) is 2.79. The fourth-order valence-corrected chi connectivity index (χ4v) is 4.02. The third kappa shape index (κ3) is 8.14. The molecule has 0 aliphatic rings. The summed E-state index contributed by atoms with van der Waals surface area (Å²) in [6.45, 7) is 8.07. The number of nitrogen functional groups attached to an aromatic ring is 1. The Hall–Kier alpha value is -2.91. The first-order chi connectivity index (χ1) is 16.3. The molecule has 1 atom stereocenters. The van der Waals surface area contributed by atoms with Gasteiger partial charge in [-0.1, -0.05) is 32.4 Å². The Labute approximate surface area is 202 Å². The molecule has 1 heterocycles. The van der Waals surface area contributed by atoms with Crippen LogP contribution in [0.5, 0.6) is 5.75 Å². The lowest BCUT2D eigenvalue weighted by molar-refractivity contribution is -0.137. The second kappa shape index (κ2) is 13.7. The summed E-state index contributed by atoms with van der Waals surface area (Å²) in [7, 11) is 1.65. The molecular formula is C25H39N5O4. The van der Waals surface area contributed by atoms with Crippen LogP contribution in [-0.4, -0.2) is 63.9 Å². The van der Waals surface area contributed by atoms with Gasteiger partial charge in [0.15, 0.2) is 0 Å². The van der Waals surface area contributed by atoms with Crippen LogP contribution in [0.4, 0.5) is 11.8 Å². The predicted molar refractivity (Wildman–Crippen MR) is 134 cm³/mol. The molecule has 0 saturated heterocycles. The maximum Gasteiger partial charge on any atom is 0.304 e. The van der Waals surface area contributed by atoms with Gasteiger partial charge in [0.05, 0.1) is 13.5 Å². The number of aliphatic hydroxyl groups is 1. The van der Waals surface area contributed by atoms with Crippen LogP contribution in [0.2, 0.25) is 0 Å². The molecule has 1 aromatic carbocycles. The van der Waals surface area contributed by atoms with E-state index >= 15 is 0 Å². The van der Waals surface area contributed by atoms with Crippen molar-refractivity contribution in [2.75, 3.05) is 37.9 Å². The summed E-state index contributed by atoms with van der Waals surface area (Å²) in [6.07, 6.45) is 3.21. The predicted octanol–water partition coefficient (Wildman–Crippen LogP) is 3.23. The molecule has 9 nitrogen and oxygen atoms in total. The number of aryl methyl sites for hydroxylation is 1. The number of hydrogen-bond donors (Lipinski definition) is 4. The quantitative estimate of drug-likeness (QED) is 0.307. The van der Waals surface area contributed by atoms with E-state index in [2.05, 4.69) is 27.1 Å². The number of rotatable bonds is 15. The van der Waals surface area contributed by atoms with Gasteiger partial charge in [-0.3, -0.25) is 9.69 Å². The highest BCUT2D eigenvalue weighted by Gasteiger charge is 2.18. The number of benzene rings is 1. The molecule has 0 saturated carbocycles. The second-order valence-electron chi connectivity index (χ2n) is 8.47. The Morgan fingerprint density at radius 2 is 2.03 bits per heavy atom. The number of nitrogens with one attached hydrogen (secondary N) is 1. The Morgan fingerprint density at radius 1 is 1.26 bits per heavy atom. The average molecular weight is 474 g/mol. The van der Waals surface area contributed by atoms with Crippen molar-refractivity contribution in [2.24, 2.45) is 0 Å². The Bertz CT molecular complexity index is 932. The number of ether oxygens (including phenoxy) is 1. The molecule has 2 rings (SSSR count). The van der Waals surface area contributed by atoms with Gasteiger partial charge >= 0.3 is 5.97 Å². The third-order valence-electron chi connectivity index (χ3n) is 5.90. The van der Waals surface area contributed by atoms with Crippen molar-refractivity contribution < 1.29 is 19.7 Å². The molecule has 9 heteroatoms. The maximum atomic E-state index is 10.9. The van der Waals surface area contributed by atoms with Gasteiger partial charge in [-0.2, -0.15) is 4.98 Å². The number of carbonyl (C=O) groups is 1. The van der Waals surface area contributed by atoms with Crippen molar-refractivity contribution in [1.29, 1.82) is 0 Å². The molecule has 5 N–H and O–H groups in total. The number of nitrogens with zero attached hydrogens (tertiary/aromatic N) is 3. The summed E-state index contributed by atoms with van der Waals surface area (Å²) in [5.41, 5.74) is 9.74. The van der Waals surface area contributed by atoms with Crippen LogP contribution < -0.4 is 15.8 Å². The molecule has 0 radical (unpaired) electrons. The summed E-state index contributed by atoms with van der Waals surface area (Å²) < 4.78 is 5.70. The van der Waals surface area contributed by atoms with E-state index < -0.39 is 5.97 Å².